The van der Waals surface area contributed by atoms with Crippen LogP contribution in [0.15, 0.2) is 18.2 Å². The number of aryl methyl sites for hydroxylation is 2. The van der Waals surface area contributed by atoms with Gasteiger partial charge in [-0.15, -0.1) is 0 Å². The molecule has 1 heterocycles. The highest BCUT2D eigenvalue weighted by atomic mass is 16.2. The number of carbonyl (C=O) groups excluding carboxylic acids is 2. The molecule has 0 spiro atoms. The number of nitrogens with two attached hydrogens (primary N) is 1. The van der Waals surface area contributed by atoms with Gasteiger partial charge in [0.05, 0.1) is 0 Å². The van der Waals surface area contributed by atoms with Crippen molar-refractivity contribution in [3.05, 3.63) is 34.9 Å². The number of nitrogens with one attached hydrogen (secondary N) is 1. The maximum absolute atomic E-state index is 12.7. The van der Waals surface area contributed by atoms with Crippen LogP contribution in [0.2, 0.25) is 0 Å². The largest absolute Gasteiger partial charge is 0.352 e. The fourth-order valence-electron chi connectivity index (χ4n) is 2.96. The van der Waals surface area contributed by atoms with Crippen LogP contribution < -0.4 is 11.1 Å². The number of carbonyl (C=O) groups is 2. The summed E-state index contributed by atoms with van der Waals surface area (Å²) in [7, 11) is 0. The quantitative estimate of drug-likeness (QED) is 0.892. The zero-order chi connectivity index (χ0) is 15.4. The summed E-state index contributed by atoms with van der Waals surface area (Å²) in [6.07, 6.45) is 2.97. The zero-order valence-electron chi connectivity index (χ0n) is 12.7. The predicted octanol–water partition coefficient (Wildman–Crippen LogP) is 1.97. The van der Waals surface area contributed by atoms with Crippen molar-refractivity contribution in [3.8, 4) is 0 Å². The minimum absolute atomic E-state index is 0.0274. The molecule has 1 aromatic carbocycles. The van der Waals surface area contributed by atoms with Crippen LogP contribution in [0.25, 0.3) is 0 Å². The number of hydrogen-bond donors (Lipinski definition) is 2. The summed E-state index contributed by atoms with van der Waals surface area (Å²) < 4.78 is 0. The number of amides is 3. The number of likely N-dealkylation sites (tertiary alicyclic amines) is 1. The monoisotopic (exact) mass is 289 g/mol. The van der Waals surface area contributed by atoms with Crippen LogP contribution in [0.4, 0.5) is 4.79 Å². The minimum atomic E-state index is -0.542. The molecule has 5 heteroatoms. The molecular formula is C16H23N3O2. The third-order valence-electron chi connectivity index (χ3n) is 3.87. The van der Waals surface area contributed by atoms with Crippen LogP contribution in [0.5, 0.6) is 0 Å². The van der Waals surface area contributed by atoms with Gasteiger partial charge >= 0.3 is 6.03 Å². The molecule has 1 aromatic rings. The van der Waals surface area contributed by atoms with E-state index in [0.717, 1.165) is 42.5 Å². The summed E-state index contributed by atoms with van der Waals surface area (Å²) >= 11 is 0. The molecule has 0 unspecified atom stereocenters. The van der Waals surface area contributed by atoms with Crippen molar-refractivity contribution in [3.63, 3.8) is 0 Å². The highest BCUT2D eigenvalue weighted by Gasteiger charge is 2.27. The van der Waals surface area contributed by atoms with E-state index < -0.39 is 6.03 Å². The lowest BCUT2D eigenvalue weighted by molar-refractivity contribution is 0.0615. The van der Waals surface area contributed by atoms with Crippen molar-refractivity contribution in [2.24, 2.45) is 5.73 Å². The third kappa shape index (κ3) is 3.97. The Labute approximate surface area is 125 Å². The van der Waals surface area contributed by atoms with E-state index in [1.807, 2.05) is 30.9 Å². The molecular weight excluding hydrogens is 266 g/mol. The molecule has 1 saturated heterocycles. The fourth-order valence-corrected chi connectivity index (χ4v) is 2.96. The van der Waals surface area contributed by atoms with Crippen LogP contribution in [-0.2, 0) is 0 Å². The van der Waals surface area contributed by atoms with Crippen molar-refractivity contribution in [2.45, 2.75) is 39.2 Å². The van der Waals surface area contributed by atoms with Gasteiger partial charge in [0.15, 0.2) is 0 Å². The van der Waals surface area contributed by atoms with Gasteiger partial charge in [-0.2, -0.15) is 0 Å². The van der Waals surface area contributed by atoms with Crippen molar-refractivity contribution >= 4 is 11.9 Å². The number of primary amides is 1. The normalized spacial score (nSPS) is 18.4. The Bertz CT molecular complexity index is 522. The number of hydrogen-bond acceptors (Lipinski definition) is 2. The minimum Gasteiger partial charge on any atom is -0.352 e. The maximum atomic E-state index is 12.7. The second kappa shape index (κ2) is 6.61. The smallest absolute Gasteiger partial charge is 0.312 e. The first-order valence-corrected chi connectivity index (χ1v) is 7.40. The van der Waals surface area contributed by atoms with E-state index in [1.165, 1.54) is 0 Å². The molecule has 2 rings (SSSR count). The fraction of sp³-hybridized carbons (Fsp3) is 0.500. The number of benzene rings is 1. The Kier molecular flexibility index (Phi) is 4.83. The molecule has 1 atom stereocenters. The van der Waals surface area contributed by atoms with Crippen molar-refractivity contribution in [2.75, 3.05) is 13.1 Å². The molecule has 0 saturated carbocycles. The van der Waals surface area contributed by atoms with Gasteiger partial charge in [-0.25, -0.2) is 4.79 Å². The Morgan fingerprint density at radius 3 is 2.52 bits per heavy atom. The van der Waals surface area contributed by atoms with Gasteiger partial charge in [0.2, 0.25) is 0 Å². The lowest BCUT2D eigenvalue weighted by Gasteiger charge is -2.36. The van der Waals surface area contributed by atoms with Crippen LogP contribution in [-0.4, -0.2) is 36.0 Å². The predicted molar refractivity (Wildman–Crippen MR) is 82.2 cm³/mol. The average molecular weight is 289 g/mol. The first-order valence-electron chi connectivity index (χ1n) is 7.40. The average Bonchev–Trinajstić information content (AvgIpc) is 2.43. The van der Waals surface area contributed by atoms with Crippen LogP contribution in [0.3, 0.4) is 0 Å². The van der Waals surface area contributed by atoms with E-state index >= 15 is 0 Å². The molecule has 1 aliphatic rings. The molecule has 3 N–H and O–H groups in total. The first kappa shape index (κ1) is 15.4. The van der Waals surface area contributed by atoms with E-state index in [-0.39, 0.29) is 11.9 Å². The van der Waals surface area contributed by atoms with Gasteiger partial charge in [0, 0.05) is 24.7 Å². The highest BCUT2D eigenvalue weighted by Crippen LogP contribution is 2.20. The Morgan fingerprint density at radius 1 is 1.24 bits per heavy atom. The molecule has 3 amide bonds. The molecule has 0 bridgehead atoms. The molecule has 114 valence electrons. The second-order valence-corrected chi connectivity index (χ2v) is 5.77. The summed E-state index contributed by atoms with van der Waals surface area (Å²) in [6, 6.07) is 5.38. The molecule has 1 fully saturated rings. The number of rotatable bonds is 3. The van der Waals surface area contributed by atoms with Crippen molar-refractivity contribution in [1.29, 1.82) is 0 Å². The summed E-state index contributed by atoms with van der Waals surface area (Å²) in [5.74, 6) is 0.0396. The van der Waals surface area contributed by atoms with E-state index in [0.29, 0.717) is 6.54 Å². The summed E-state index contributed by atoms with van der Waals surface area (Å²) in [4.78, 5) is 25.5. The summed E-state index contributed by atoms with van der Waals surface area (Å²) in [5, 5.41) is 2.62. The van der Waals surface area contributed by atoms with Crippen LogP contribution >= 0.6 is 0 Å². The second-order valence-electron chi connectivity index (χ2n) is 5.77. The van der Waals surface area contributed by atoms with Crippen molar-refractivity contribution < 1.29 is 9.59 Å². The molecule has 0 radical (unpaired) electrons. The molecule has 0 aromatic heterocycles. The highest BCUT2D eigenvalue weighted by molar-refractivity contribution is 5.95. The van der Waals surface area contributed by atoms with Gasteiger partial charge in [0.1, 0.15) is 0 Å². The number of urea groups is 1. The summed E-state index contributed by atoms with van der Waals surface area (Å²) in [6.45, 7) is 5.14. The molecule has 5 nitrogen and oxygen atoms in total. The number of piperidine rings is 1. The third-order valence-corrected chi connectivity index (χ3v) is 3.87. The van der Waals surface area contributed by atoms with E-state index in [2.05, 4.69) is 11.4 Å². The molecule has 21 heavy (non-hydrogen) atoms. The number of nitrogens with zero attached hydrogens (tertiary/aromatic N) is 1. The maximum Gasteiger partial charge on any atom is 0.312 e. The van der Waals surface area contributed by atoms with Gasteiger partial charge in [0.25, 0.3) is 5.91 Å². The van der Waals surface area contributed by atoms with Gasteiger partial charge in [-0.1, -0.05) is 17.2 Å². The van der Waals surface area contributed by atoms with E-state index in [4.69, 9.17) is 5.73 Å². The van der Waals surface area contributed by atoms with Crippen LogP contribution in [0, 0.1) is 13.8 Å². The Morgan fingerprint density at radius 2 is 1.90 bits per heavy atom. The van der Waals surface area contributed by atoms with E-state index in [9.17, 15) is 9.59 Å². The van der Waals surface area contributed by atoms with Gasteiger partial charge < -0.3 is 16.0 Å². The Hall–Kier alpha value is -2.04. The van der Waals surface area contributed by atoms with Gasteiger partial charge in [-0.3, -0.25) is 4.79 Å². The lowest BCUT2D eigenvalue weighted by atomic mass is 9.99. The zero-order valence-corrected chi connectivity index (χ0v) is 12.7. The first-order chi connectivity index (χ1) is 9.97. The molecule has 1 aliphatic heterocycles. The summed E-state index contributed by atoms with van der Waals surface area (Å²) in [5.41, 5.74) is 8.02. The lowest BCUT2D eigenvalue weighted by Crippen LogP contribution is -2.50. The SMILES string of the molecule is Cc1cc(C)cc(C(=O)N2CCCC[C@H]2CNC(N)=O)c1. The van der Waals surface area contributed by atoms with Crippen molar-refractivity contribution in [1.82, 2.24) is 10.2 Å². The van der Waals surface area contributed by atoms with Gasteiger partial charge in [-0.05, 0) is 45.2 Å². The molecule has 0 aliphatic carbocycles. The van der Waals surface area contributed by atoms with E-state index in [1.54, 1.807) is 0 Å². The topological polar surface area (TPSA) is 75.4 Å². The Balaban J connectivity index is 2.15. The standard InChI is InChI=1S/C16H23N3O2/c1-11-7-12(2)9-13(8-11)15(20)19-6-4-3-5-14(19)10-18-16(17)21/h7-9,14H,3-6,10H2,1-2H3,(H3,17,18,21)/t14-/m0/s1. The van der Waals surface area contributed by atoms with Crippen LogP contribution in [0.1, 0.15) is 40.7 Å².